The van der Waals surface area contributed by atoms with Crippen molar-refractivity contribution in [1.29, 1.82) is 0 Å². The van der Waals surface area contributed by atoms with Crippen LogP contribution >= 0.6 is 0 Å². The zero-order chi connectivity index (χ0) is 6.53. The van der Waals surface area contributed by atoms with Crippen molar-refractivity contribution in [3.05, 3.63) is 12.4 Å². The van der Waals surface area contributed by atoms with Gasteiger partial charge in [-0.3, -0.25) is 0 Å². The first-order valence-corrected chi connectivity index (χ1v) is 3.39. The molecule has 1 heterocycles. The zero-order valence-electron chi connectivity index (χ0n) is 6.13. The normalized spacial score (nSPS) is 13.9. The first kappa shape index (κ1) is 9.50. The molecular weight excluding hydrogens is 148 g/mol. The summed E-state index contributed by atoms with van der Waals surface area (Å²) in [5.41, 5.74) is 0. The monoisotopic (exact) mass is 159 g/mol. The van der Waals surface area contributed by atoms with Crippen LogP contribution in [0.3, 0.4) is 0 Å². The number of unbranched alkanes of at least 4 members (excludes halogenated alkanes) is 1. The van der Waals surface area contributed by atoms with Crippen LogP contribution in [-0.4, -0.2) is 17.8 Å². The van der Waals surface area contributed by atoms with Gasteiger partial charge in [0, 0.05) is 0 Å². The summed E-state index contributed by atoms with van der Waals surface area (Å²) in [7, 11) is 0. The molecule has 1 rings (SSSR count). The maximum Gasteiger partial charge on any atom is 0.286 e. The van der Waals surface area contributed by atoms with Crippen molar-refractivity contribution >= 4 is 6.34 Å². The summed E-state index contributed by atoms with van der Waals surface area (Å²) in [6, 6.07) is 0. The minimum Gasteiger partial charge on any atom is -1.00 e. The molecule has 0 bridgehead atoms. The van der Waals surface area contributed by atoms with Gasteiger partial charge in [0.25, 0.3) is 6.34 Å². The fourth-order valence-electron chi connectivity index (χ4n) is 0.760. The highest BCUT2D eigenvalue weighted by molar-refractivity contribution is 5.58. The Morgan fingerprint density at radius 1 is 1.50 bits per heavy atom. The molecule has 1 aliphatic heterocycles. The second kappa shape index (κ2) is 5.30. The number of nitrogens with zero attached hydrogens (tertiary/aromatic N) is 2. The fourth-order valence-corrected chi connectivity index (χ4v) is 0.760. The third kappa shape index (κ3) is 2.87. The number of halogens is 1. The van der Waals surface area contributed by atoms with E-state index in [4.69, 9.17) is 0 Å². The van der Waals surface area contributed by atoms with Crippen LogP contribution in [-0.2, 0) is 0 Å². The van der Waals surface area contributed by atoms with E-state index in [0.29, 0.717) is 0 Å². The summed E-state index contributed by atoms with van der Waals surface area (Å²) in [6.07, 6.45) is 8.16. The molecule has 0 aromatic rings. The Bertz CT molecular complexity index is 120. The maximum atomic E-state index is 3.94. The molecule has 1 aliphatic rings. The highest BCUT2D eigenvalue weighted by atomic mass is 35.5. The highest BCUT2D eigenvalue weighted by Crippen LogP contribution is 1.94. The minimum absolute atomic E-state index is 0. The van der Waals surface area contributed by atoms with E-state index in [1.807, 2.05) is 18.7 Å². The summed E-state index contributed by atoms with van der Waals surface area (Å²) < 4.78 is 0. The van der Waals surface area contributed by atoms with Crippen molar-refractivity contribution in [2.24, 2.45) is 0 Å². The quantitative estimate of drug-likeness (QED) is 0.463. The lowest BCUT2D eigenvalue weighted by atomic mass is 10.3. The number of aliphatic imine (C=N–C) groups is 1. The molecule has 2 nitrogen and oxygen atoms in total. The summed E-state index contributed by atoms with van der Waals surface area (Å²) in [4.78, 5) is 6.04. The Labute approximate surface area is 68.0 Å². The Morgan fingerprint density at radius 2 is 2.30 bits per heavy atom. The van der Waals surface area contributed by atoms with Crippen molar-refractivity contribution in [3.63, 3.8) is 0 Å². The molecular formula is C7H12ClN2. The van der Waals surface area contributed by atoms with Crippen molar-refractivity contribution < 1.29 is 12.4 Å². The van der Waals surface area contributed by atoms with Crippen molar-refractivity contribution in [2.75, 3.05) is 6.54 Å². The second-order valence-electron chi connectivity index (χ2n) is 2.15. The third-order valence-electron chi connectivity index (χ3n) is 1.33. The van der Waals surface area contributed by atoms with Crippen LogP contribution in [0.1, 0.15) is 19.8 Å². The molecule has 0 saturated carbocycles. The summed E-state index contributed by atoms with van der Waals surface area (Å²) in [6.45, 7) is 3.30. The average molecular weight is 160 g/mol. The molecule has 0 aliphatic carbocycles. The van der Waals surface area contributed by atoms with E-state index in [9.17, 15) is 0 Å². The lowest BCUT2D eigenvalue weighted by Crippen LogP contribution is -3.00. The average Bonchev–Trinajstić information content (AvgIpc) is 2.34. The lowest BCUT2D eigenvalue weighted by molar-refractivity contribution is -0.00000201. The molecule has 0 atom stereocenters. The molecule has 57 valence electrons. The lowest BCUT2D eigenvalue weighted by Gasteiger charge is -1.99. The fraction of sp³-hybridized carbons (Fsp3) is 0.571. The van der Waals surface area contributed by atoms with Crippen molar-refractivity contribution in [2.45, 2.75) is 19.8 Å². The first-order chi connectivity index (χ1) is 4.43. The van der Waals surface area contributed by atoms with Gasteiger partial charge in [-0.25, -0.2) is 4.90 Å². The molecule has 0 spiro atoms. The number of rotatable bonds is 3. The molecule has 0 amide bonds. The molecule has 0 aromatic carbocycles. The predicted octanol–water partition coefficient (Wildman–Crippen LogP) is -2.06. The SMILES string of the molecule is CCCCN1C=C[N+]=C1.[Cl-]. The Kier molecular flexibility index (Phi) is 5.03. The standard InChI is InChI=1S/C7H12N2.ClH/c1-2-3-5-9-6-4-8-7-9;/h4,6-7H,2-3,5H2,1H3;1H/q+1;/p-1. The van der Waals surface area contributed by atoms with Crippen LogP contribution in [0, 0.1) is 0 Å². The van der Waals surface area contributed by atoms with Crippen LogP contribution in [0.5, 0.6) is 0 Å². The maximum absolute atomic E-state index is 3.94. The third-order valence-corrected chi connectivity index (χ3v) is 1.33. The topological polar surface area (TPSA) is 17.3 Å². The minimum atomic E-state index is 0. The van der Waals surface area contributed by atoms with Gasteiger partial charge in [-0.1, -0.05) is 18.3 Å². The number of hydrogen-bond acceptors (Lipinski definition) is 2. The van der Waals surface area contributed by atoms with Gasteiger partial charge < -0.3 is 12.4 Å². The van der Waals surface area contributed by atoms with Gasteiger partial charge in [0.05, 0.1) is 6.54 Å². The molecule has 10 heavy (non-hydrogen) atoms. The van der Waals surface area contributed by atoms with Gasteiger partial charge in [-0.2, -0.15) is 0 Å². The number of hydrogen-bond donors (Lipinski definition) is 0. The molecule has 0 aromatic heterocycles. The van der Waals surface area contributed by atoms with Crippen molar-refractivity contribution in [3.8, 4) is 0 Å². The van der Waals surface area contributed by atoms with Gasteiger partial charge in [0.2, 0.25) is 0 Å². The van der Waals surface area contributed by atoms with Gasteiger partial charge in [0.1, 0.15) is 6.20 Å². The van der Waals surface area contributed by atoms with E-state index in [-0.39, 0.29) is 12.4 Å². The molecule has 0 saturated heterocycles. The van der Waals surface area contributed by atoms with E-state index in [1.54, 1.807) is 0 Å². The van der Waals surface area contributed by atoms with Crippen molar-refractivity contribution in [1.82, 2.24) is 9.89 Å². The van der Waals surface area contributed by atoms with E-state index >= 15 is 0 Å². The van der Waals surface area contributed by atoms with Crippen LogP contribution in [0.15, 0.2) is 12.4 Å². The highest BCUT2D eigenvalue weighted by Gasteiger charge is 2.06. The largest absolute Gasteiger partial charge is 1.00 e. The molecule has 1 radical (unpaired) electrons. The smallest absolute Gasteiger partial charge is 0.286 e. The van der Waals surface area contributed by atoms with Crippen LogP contribution in [0.4, 0.5) is 0 Å². The van der Waals surface area contributed by atoms with Gasteiger partial charge in [-0.05, 0) is 6.42 Å². The molecule has 3 heteroatoms. The van der Waals surface area contributed by atoms with E-state index in [1.165, 1.54) is 12.8 Å². The Balaban J connectivity index is 0.000000810. The van der Waals surface area contributed by atoms with Crippen LogP contribution in [0.25, 0.3) is 0 Å². The summed E-state index contributed by atoms with van der Waals surface area (Å²) in [5.74, 6) is 0. The van der Waals surface area contributed by atoms with Gasteiger partial charge >= 0.3 is 0 Å². The Hall–Kier alpha value is -0.500. The molecule has 0 unspecified atom stereocenters. The zero-order valence-corrected chi connectivity index (χ0v) is 6.88. The van der Waals surface area contributed by atoms with Crippen LogP contribution in [0.2, 0.25) is 0 Å². The van der Waals surface area contributed by atoms with Gasteiger partial charge in [0.15, 0.2) is 6.20 Å². The van der Waals surface area contributed by atoms with E-state index in [0.717, 1.165) is 6.54 Å². The van der Waals surface area contributed by atoms with Crippen LogP contribution < -0.4 is 17.4 Å². The van der Waals surface area contributed by atoms with E-state index < -0.39 is 0 Å². The predicted molar refractivity (Wildman–Crippen MR) is 39.0 cm³/mol. The van der Waals surface area contributed by atoms with Gasteiger partial charge in [-0.15, -0.1) is 0 Å². The molecule has 0 fully saturated rings. The van der Waals surface area contributed by atoms with E-state index in [2.05, 4.69) is 16.8 Å². The summed E-state index contributed by atoms with van der Waals surface area (Å²) in [5, 5.41) is 0. The summed E-state index contributed by atoms with van der Waals surface area (Å²) >= 11 is 0. The first-order valence-electron chi connectivity index (χ1n) is 3.39. The second-order valence-corrected chi connectivity index (χ2v) is 2.15. The Morgan fingerprint density at radius 3 is 2.80 bits per heavy atom. The molecule has 0 N–H and O–H groups in total.